The highest BCUT2D eigenvalue weighted by molar-refractivity contribution is 5.49. The number of hydrogen-bond donors (Lipinski definition) is 3. The Hall–Kier alpha value is -0.610. The van der Waals surface area contributed by atoms with E-state index in [1.807, 2.05) is 0 Å². The Morgan fingerprint density at radius 1 is 1.43 bits per heavy atom. The van der Waals surface area contributed by atoms with Crippen LogP contribution < -0.4 is 11.5 Å². The fourth-order valence-electron chi connectivity index (χ4n) is 0.180. The standard InChI is InChI=1S/C3H10N4/c4-1-7(2-5)3-6/h1,4H,2-3,5-6H2. The molecule has 0 rings (SSSR count). The molecule has 0 aromatic carbocycles. The molecule has 42 valence electrons. The minimum atomic E-state index is 0.319. The van der Waals surface area contributed by atoms with Gasteiger partial charge >= 0.3 is 0 Å². The second-order valence-electron chi connectivity index (χ2n) is 1.08. The zero-order valence-electron chi connectivity index (χ0n) is 4.09. The molecule has 0 aliphatic heterocycles. The molecule has 0 saturated carbocycles. The fraction of sp³-hybridized carbons (Fsp3) is 0.667. The van der Waals surface area contributed by atoms with Gasteiger partial charge < -0.3 is 16.4 Å². The van der Waals surface area contributed by atoms with E-state index >= 15 is 0 Å². The lowest BCUT2D eigenvalue weighted by Crippen LogP contribution is -2.33. The van der Waals surface area contributed by atoms with Crippen LogP contribution in [0.25, 0.3) is 0 Å². The van der Waals surface area contributed by atoms with E-state index in [9.17, 15) is 0 Å². The van der Waals surface area contributed by atoms with Gasteiger partial charge in [-0.15, -0.1) is 0 Å². The Labute approximate surface area is 42.6 Å². The molecule has 0 bridgehead atoms. The average Bonchev–Trinajstić information content (AvgIpc) is 1.72. The Balaban J connectivity index is 3.16. The van der Waals surface area contributed by atoms with E-state index in [1.165, 1.54) is 4.90 Å². The van der Waals surface area contributed by atoms with Gasteiger partial charge in [0.25, 0.3) is 0 Å². The van der Waals surface area contributed by atoms with Gasteiger partial charge in [0, 0.05) is 0 Å². The molecule has 4 heteroatoms. The zero-order valence-corrected chi connectivity index (χ0v) is 4.09. The molecule has 7 heavy (non-hydrogen) atoms. The summed E-state index contributed by atoms with van der Waals surface area (Å²) in [6.45, 7) is 0.639. The van der Waals surface area contributed by atoms with Gasteiger partial charge in [0.15, 0.2) is 0 Å². The molecule has 0 radical (unpaired) electrons. The third kappa shape index (κ3) is 2.13. The van der Waals surface area contributed by atoms with Gasteiger partial charge in [-0.05, 0) is 0 Å². The van der Waals surface area contributed by atoms with Crippen LogP contribution in [0.3, 0.4) is 0 Å². The molecule has 0 aromatic heterocycles. The van der Waals surface area contributed by atoms with Crippen LogP contribution in [0.4, 0.5) is 0 Å². The molecule has 0 aliphatic rings. The van der Waals surface area contributed by atoms with Crippen molar-refractivity contribution in [2.75, 3.05) is 13.3 Å². The van der Waals surface area contributed by atoms with Crippen molar-refractivity contribution in [3.05, 3.63) is 0 Å². The quantitative estimate of drug-likeness (QED) is 0.236. The van der Waals surface area contributed by atoms with Crippen molar-refractivity contribution in [1.82, 2.24) is 4.90 Å². The van der Waals surface area contributed by atoms with E-state index in [0.717, 1.165) is 6.34 Å². The number of nitrogens with zero attached hydrogens (tertiary/aromatic N) is 1. The summed E-state index contributed by atoms with van der Waals surface area (Å²) in [4.78, 5) is 1.47. The SMILES string of the molecule is N=CN(CN)CN. The normalized spacial score (nSPS) is 8.29. The van der Waals surface area contributed by atoms with E-state index in [4.69, 9.17) is 16.9 Å². The van der Waals surface area contributed by atoms with Gasteiger partial charge in [0.05, 0.1) is 19.7 Å². The average molecular weight is 102 g/mol. The van der Waals surface area contributed by atoms with Crippen LogP contribution in [-0.4, -0.2) is 24.6 Å². The lowest BCUT2D eigenvalue weighted by atomic mass is 10.8. The maximum Gasteiger partial charge on any atom is 0.0837 e. The third-order valence-corrected chi connectivity index (χ3v) is 0.652. The van der Waals surface area contributed by atoms with Crippen LogP contribution in [-0.2, 0) is 0 Å². The zero-order chi connectivity index (χ0) is 5.70. The number of nitrogens with one attached hydrogen (secondary N) is 1. The highest BCUT2D eigenvalue weighted by Crippen LogP contribution is 1.65. The monoisotopic (exact) mass is 102 g/mol. The Bertz CT molecular complexity index is 48.9. The topological polar surface area (TPSA) is 79.1 Å². The molecular weight excluding hydrogens is 92.1 g/mol. The van der Waals surface area contributed by atoms with Crippen LogP contribution in [0.5, 0.6) is 0 Å². The molecule has 0 spiro atoms. The van der Waals surface area contributed by atoms with E-state index in [1.54, 1.807) is 0 Å². The van der Waals surface area contributed by atoms with Gasteiger partial charge in [-0.2, -0.15) is 0 Å². The van der Waals surface area contributed by atoms with Crippen molar-refractivity contribution < 1.29 is 0 Å². The predicted molar refractivity (Wildman–Crippen MR) is 28.7 cm³/mol. The van der Waals surface area contributed by atoms with Crippen LogP contribution in [0, 0.1) is 5.41 Å². The molecule has 5 N–H and O–H groups in total. The minimum absolute atomic E-state index is 0.319. The first-order chi connectivity index (χ1) is 3.35. The van der Waals surface area contributed by atoms with Crippen molar-refractivity contribution >= 4 is 6.34 Å². The minimum Gasteiger partial charge on any atom is -0.338 e. The Morgan fingerprint density at radius 3 is 1.86 bits per heavy atom. The Morgan fingerprint density at radius 2 is 1.86 bits per heavy atom. The predicted octanol–water partition coefficient (Wildman–Crippen LogP) is -1.27. The Kier molecular flexibility index (Phi) is 3.26. The molecule has 0 amide bonds. The highest BCUT2D eigenvalue weighted by Gasteiger charge is 1.85. The lowest BCUT2D eigenvalue weighted by molar-refractivity contribution is 0.455. The van der Waals surface area contributed by atoms with E-state index in [0.29, 0.717) is 13.3 Å². The summed E-state index contributed by atoms with van der Waals surface area (Å²) < 4.78 is 0. The van der Waals surface area contributed by atoms with Crippen LogP contribution in [0.2, 0.25) is 0 Å². The van der Waals surface area contributed by atoms with Crippen molar-refractivity contribution in [2.45, 2.75) is 0 Å². The number of rotatable bonds is 3. The summed E-state index contributed by atoms with van der Waals surface area (Å²) >= 11 is 0. The maximum absolute atomic E-state index is 6.60. The largest absolute Gasteiger partial charge is 0.338 e. The van der Waals surface area contributed by atoms with Gasteiger partial charge in [0.2, 0.25) is 0 Å². The first kappa shape index (κ1) is 6.39. The fourth-order valence-corrected chi connectivity index (χ4v) is 0.180. The van der Waals surface area contributed by atoms with Gasteiger partial charge in [-0.3, -0.25) is 5.41 Å². The highest BCUT2D eigenvalue weighted by atomic mass is 15.2. The summed E-state index contributed by atoms with van der Waals surface area (Å²) in [6, 6.07) is 0. The van der Waals surface area contributed by atoms with Crippen molar-refractivity contribution in [3.8, 4) is 0 Å². The molecule has 0 atom stereocenters. The maximum atomic E-state index is 6.60. The summed E-state index contributed by atoms with van der Waals surface area (Å²) in [5.41, 5.74) is 10.2. The number of hydrogen-bond acceptors (Lipinski definition) is 3. The van der Waals surface area contributed by atoms with E-state index < -0.39 is 0 Å². The van der Waals surface area contributed by atoms with E-state index in [-0.39, 0.29) is 0 Å². The van der Waals surface area contributed by atoms with Crippen LogP contribution >= 0.6 is 0 Å². The van der Waals surface area contributed by atoms with Crippen molar-refractivity contribution in [1.29, 1.82) is 5.41 Å². The molecule has 0 aliphatic carbocycles. The molecule has 0 saturated heterocycles. The molecule has 0 heterocycles. The molecule has 0 fully saturated rings. The second-order valence-corrected chi connectivity index (χ2v) is 1.08. The summed E-state index contributed by atoms with van der Waals surface area (Å²) in [5.74, 6) is 0. The molecule has 0 aromatic rings. The second kappa shape index (κ2) is 3.58. The van der Waals surface area contributed by atoms with Crippen molar-refractivity contribution in [2.24, 2.45) is 11.5 Å². The summed E-state index contributed by atoms with van der Waals surface area (Å²) in [6.07, 6.45) is 1.11. The molecular formula is C3H10N4. The third-order valence-electron chi connectivity index (χ3n) is 0.652. The van der Waals surface area contributed by atoms with Gasteiger partial charge in [0.1, 0.15) is 0 Å². The molecule has 0 unspecified atom stereocenters. The smallest absolute Gasteiger partial charge is 0.0837 e. The van der Waals surface area contributed by atoms with Gasteiger partial charge in [-0.1, -0.05) is 0 Å². The summed E-state index contributed by atoms with van der Waals surface area (Å²) in [7, 11) is 0. The van der Waals surface area contributed by atoms with Crippen LogP contribution in [0.15, 0.2) is 0 Å². The first-order valence-corrected chi connectivity index (χ1v) is 2.00. The molecule has 4 nitrogen and oxygen atoms in total. The number of nitrogens with two attached hydrogens (primary N) is 2. The van der Waals surface area contributed by atoms with Gasteiger partial charge in [-0.25, -0.2) is 0 Å². The van der Waals surface area contributed by atoms with Crippen LogP contribution in [0.1, 0.15) is 0 Å². The summed E-state index contributed by atoms with van der Waals surface area (Å²) in [5, 5.41) is 6.60. The van der Waals surface area contributed by atoms with Crippen molar-refractivity contribution in [3.63, 3.8) is 0 Å². The first-order valence-electron chi connectivity index (χ1n) is 2.00. The lowest BCUT2D eigenvalue weighted by Gasteiger charge is -2.10. The van der Waals surface area contributed by atoms with E-state index in [2.05, 4.69) is 0 Å².